The molecular weight excluding hydrogens is 458 g/mol. The molecule has 1 aliphatic heterocycles. The number of carbonyl (C=O) groups excluding carboxylic acids is 1. The monoisotopic (exact) mass is 487 g/mol. The molecule has 4 rings (SSSR count). The number of hydrogen-bond acceptors (Lipinski definition) is 5. The number of aryl methyl sites for hydroxylation is 2. The number of rotatable bonds is 4. The van der Waals surface area contributed by atoms with E-state index in [4.69, 9.17) is 4.74 Å². The number of ether oxygens (including phenoxy) is 1. The van der Waals surface area contributed by atoms with Gasteiger partial charge in [-0.15, -0.1) is 11.3 Å². The van der Waals surface area contributed by atoms with E-state index in [1.165, 1.54) is 21.5 Å². The molecule has 0 saturated carbocycles. The highest BCUT2D eigenvalue weighted by molar-refractivity contribution is 7.07. The Morgan fingerprint density at radius 3 is 2.40 bits per heavy atom. The number of aromatic nitrogens is 1. The van der Waals surface area contributed by atoms with Gasteiger partial charge in [0.05, 0.1) is 23.4 Å². The van der Waals surface area contributed by atoms with Gasteiger partial charge in [-0.3, -0.25) is 14.2 Å². The van der Waals surface area contributed by atoms with Crippen LogP contribution in [-0.2, 0) is 9.53 Å². The van der Waals surface area contributed by atoms with Crippen molar-refractivity contribution in [2.75, 3.05) is 26.3 Å². The number of carbonyl (C=O) groups is 1. The zero-order chi connectivity index (χ0) is 25.1. The van der Waals surface area contributed by atoms with Crippen molar-refractivity contribution in [1.82, 2.24) is 9.47 Å². The van der Waals surface area contributed by atoms with Gasteiger partial charge in [-0.2, -0.15) is 5.26 Å². The van der Waals surface area contributed by atoms with E-state index in [0.29, 0.717) is 47.1 Å². The Balaban J connectivity index is 1.97. The van der Waals surface area contributed by atoms with Gasteiger partial charge in [0.2, 0.25) is 0 Å². The van der Waals surface area contributed by atoms with Crippen molar-refractivity contribution >= 4 is 28.9 Å². The lowest BCUT2D eigenvalue weighted by Gasteiger charge is -2.26. The third-order valence-corrected chi connectivity index (χ3v) is 7.25. The van der Waals surface area contributed by atoms with Gasteiger partial charge in [-0.05, 0) is 48.6 Å². The minimum absolute atomic E-state index is 0.0243. The Kier molecular flexibility index (Phi) is 7.34. The van der Waals surface area contributed by atoms with Crippen LogP contribution in [0.25, 0.3) is 17.3 Å². The Bertz CT molecular complexity index is 1470. The van der Waals surface area contributed by atoms with Crippen molar-refractivity contribution in [2.45, 2.75) is 33.6 Å². The van der Waals surface area contributed by atoms with E-state index in [2.05, 4.69) is 32.0 Å². The molecule has 0 unspecified atom stereocenters. The Labute approximate surface area is 209 Å². The first-order chi connectivity index (χ1) is 16.8. The smallest absolute Gasteiger partial charge is 0.273 e. The number of benzene rings is 2. The first-order valence-electron chi connectivity index (χ1n) is 11.7. The van der Waals surface area contributed by atoms with E-state index in [9.17, 15) is 14.9 Å². The molecule has 0 N–H and O–H groups in total. The highest BCUT2D eigenvalue weighted by Crippen LogP contribution is 2.16. The molecule has 3 aromatic rings. The molecule has 180 valence electrons. The molecule has 2 aromatic carbocycles. The van der Waals surface area contributed by atoms with E-state index in [1.807, 2.05) is 50.3 Å². The molecule has 1 aromatic heterocycles. The average Bonchev–Trinajstić information content (AvgIpc) is 3.15. The summed E-state index contributed by atoms with van der Waals surface area (Å²) in [5.74, 6) is 0.0431. The second-order valence-corrected chi connectivity index (χ2v) is 10.1. The summed E-state index contributed by atoms with van der Waals surface area (Å²) < 4.78 is 7.70. The SMILES string of the molecule is Cc1ccc(-n2c(=O)/c(=C/c3ccc(C(C)C)cc3)s/c2=C(/C#N)C(=O)N2CCOCC2)c(C)c1. The molecule has 1 aliphatic rings. The first kappa shape index (κ1) is 24.6. The average molecular weight is 488 g/mol. The first-order valence-corrected chi connectivity index (χ1v) is 12.5. The lowest BCUT2D eigenvalue weighted by Crippen LogP contribution is -2.42. The third-order valence-electron chi connectivity index (χ3n) is 6.16. The fourth-order valence-corrected chi connectivity index (χ4v) is 5.25. The zero-order valence-electron chi connectivity index (χ0n) is 20.5. The summed E-state index contributed by atoms with van der Waals surface area (Å²) in [5.41, 5.74) is 4.49. The largest absolute Gasteiger partial charge is 0.378 e. The van der Waals surface area contributed by atoms with Gasteiger partial charge < -0.3 is 9.64 Å². The molecule has 1 fully saturated rings. The number of nitriles is 1. The van der Waals surface area contributed by atoms with Crippen LogP contribution in [0, 0.1) is 25.2 Å². The van der Waals surface area contributed by atoms with Crippen LogP contribution in [0.4, 0.5) is 0 Å². The van der Waals surface area contributed by atoms with Crippen molar-refractivity contribution < 1.29 is 9.53 Å². The van der Waals surface area contributed by atoms with Crippen molar-refractivity contribution in [3.63, 3.8) is 0 Å². The summed E-state index contributed by atoms with van der Waals surface area (Å²) in [6, 6.07) is 16.0. The fourth-order valence-electron chi connectivity index (χ4n) is 4.17. The Hall–Kier alpha value is -3.47. The summed E-state index contributed by atoms with van der Waals surface area (Å²) in [7, 11) is 0. The summed E-state index contributed by atoms with van der Waals surface area (Å²) in [4.78, 5) is 28.6. The predicted octanol–water partition coefficient (Wildman–Crippen LogP) is 3.00. The van der Waals surface area contributed by atoms with Crippen LogP contribution in [0.1, 0.15) is 42.0 Å². The highest BCUT2D eigenvalue weighted by Gasteiger charge is 2.24. The molecule has 0 spiro atoms. The molecule has 6 nitrogen and oxygen atoms in total. The number of nitrogens with zero attached hydrogens (tertiary/aromatic N) is 3. The zero-order valence-corrected chi connectivity index (χ0v) is 21.3. The van der Waals surface area contributed by atoms with E-state index in [1.54, 1.807) is 4.90 Å². The number of hydrogen-bond donors (Lipinski definition) is 0. The molecule has 35 heavy (non-hydrogen) atoms. The van der Waals surface area contributed by atoms with E-state index >= 15 is 0 Å². The van der Waals surface area contributed by atoms with Gasteiger partial charge >= 0.3 is 0 Å². The number of thiazole rings is 1. The molecule has 0 atom stereocenters. The van der Waals surface area contributed by atoms with Gasteiger partial charge in [0.15, 0.2) is 5.57 Å². The molecular formula is C28H29N3O3S. The Morgan fingerprint density at radius 2 is 1.80 bits per heavy atom. The van der Waals surface area contributed by atoms with Crippen LogP contribution in [-0.4, -0.2) is 41.7 Å². The van der Waals surface area contributed by atoms with Crippen molar-refractivity contribution in [2.24, 2.45) is 0 Å². The van der Waals surface area contributed by atoms with Crippen LogP contribution in [0.2, 0.25) is 0 Å². The molecule has 0 aliphatic carbocycles. The second-order valence-electron chi connectivity index (χ2n) is 9.06. The van der Waals surface area contributed by atoms with Crippen molar-refractivity contribution in [1.29, 1.82) is 5.26 Å². The van der Waals surface area contributed by atoms with Crippen LogP contribution >= 0.6 is 11.3 Å². The lowest BCUT2D eigenvalue weighted by atomic mass is 10.0. The second kappa shape index (κ2) is 10.4. The molecule has 2 heterocycles. The maximum atomic E-state index is 13.7. The quantitative estimate of drug-likeness (QED) is 0.567. The van der Waals surface area contributed by atoms with E-state index in [-0.39, 0.29) is 17.0 Å². The van der Waals surface area contributed by atoms with E-state index in [0.717, 1.165) is 16.7 Å². The van der Waals surface area contributed by atoms with Crippen LogP contribution in [0.15, 0.2) is 47.3 Å². The van der Waals surface area contributed by atoms with E-state index < -0.39 is 0 Å². The summed E-state index contributed by atoms with van der Waals surface area (Å²) in [5, 5.41) is 10.1. The topological polar surface area (TPSA) is 75.3 Å². The number of amides is 1. The van der Waals surface area contributed by atoms with Gasteiger partial charge in [0.25, 0.3) is 11.5 Å². The normalized spacial score (nSPS) is 15.3. The number of morpholine rings is 1. The molecule has 1 amide bonds. The molecule has 0 bridgehead atoms. The fraction of sp³-hybridized carbons (Fsp3) is 0.321. The van der Waals surface area contributed by atoms with Gasteiger partial charge in [-0.25, -0.2) is 0 Å². The lowest BCUT2D eigenvalue weighted by molar-refractivity contribution is -0.128. The van der Waals surface area contributed by atoms with Crippen LogP contribution in [0.3, 0.4) is 0 Å². The maximum absolute atomic E-state index is 13.7. The highest BCUT2D eigenvalue weighted by atomic mass is 32.1. The van der Waals surface area contributed by atoms with Crippen molar-refractivity contribution in [3.05, 3.63) is 84.3 Å². The molecule has 7 heteroatoms. The Morgan fingerprint density at radius 1 is 1.11 bits per heavy atom. The third kappa shape index (κ3) is 5.14. The standard InChI is InChI=1S/C28H29N3O3S/c1-18(2)22-8-6-21(7-9-22)16-25-27(33)31(24-10-5-19(3)15-20(24)4)28(35-25)23(17-29)26(32)30-11-13-34-14-12-30/h5-10,15-16,18H,11-14H2,1-4H3/b25-16-,28-23-. The van der Waals surface area contributed by atoms with Gasteiger partial charge in [0, 0.05) is 13.1 Å². The summed E-state index contributed by atoms with van der Waals surface area (Å²) >= 11 is 1.18. The minimum Gasteiger partial charge on any atom is -0.378 e. The minimum atomic E-state index is -0.372. The molecule has 0 radical (unpaired) electrons. The van der Waals surface area contributed by atoms with Crippen LogP contribution in [0.5, 0.6) is 0 Å². The maximum Gasteiger partial charge on any atom is 0.273 e. The predicted molar refractivity (Wildman–Crippen MR) is 139 cm³/mol. The van der Waals surface area contributed by atoms with Gasteiger partial charge in [-0.1, -0.05) is 55.8 Å². The van der Waals surface area contributed by atoms with Gasteiger partial charge in [0.1, 0.15) is 10.7 Å². The summed E-state index contributed by atoms with van der Waals surface area (Å²) in [6.07, 6.45) is 1.83. The van der Waals surface area contributed by atoms with Crippen LogP contribution < -0.4 is 14.8 Å². The van der Waals surface area contributed by atoms with Crippen molar-refractivity contribution in [3.8, 4) is 11.8 Å². The summed E-state index contributed by atoms with van der Waals surface area (Å²) in [6.45, 7) is 9.90. The molecule has 1 saturated heterocycles.